The van der Waals surface area contributed by atoms with E-state index < -0.39 is 40.4 Å². The summed E-state index contributed by atoms with van der Waals surface area (Å²) in [5.74, 6) is -1.94. The number of hydrogen-bond donors (Lipinski definition) is 1. The highest BCUT2D eigenvalue weighted by molar-refractivity contribution is 7.91. The van der Waals surface area contributed by atoms with Crippen LogP contribution in [0.1, 0.15) is 19.3 Å². The fourth-order valence-corrected chi connectivity index (χ4v) is 4.66. The number of amides is 1. The van der Waals surface area contributed by atoms with E-state index in [0.717, 1.165) is 4.90 Å². The van der Waals surface area contributed by atoms with Gasteiger partial charge in [0.15, 0.2) is 9.84 Å². The summed E-state index contributed by atoms with van der Waals surface area (Å²) in [6, 6.07) is -0.469. The smallest absolute Gasteiger partial charge is 0.330 e. The minimum absolute atomic E-state index is 0.116. The maximum absolute atomic E-state index is 12.7. The molecule has 2 fully saturated rings. The summed E-state index contributed by atoms with van der Waals surface area (Å²) < 4.78 is 61.0. The van der Waals surface area contributed by atoms with Gasteiger partial charge >= 0.3 is 6.18 Å². The Hall–Kier alpha value is -0.830. The Morgan fingerprint density at radius 1 is 1.19 bits per heavy atom. The van der Waals surface area contributed by atoms with Crippen molar-refractivity contribution in [3.8, 4) is 0 Å². The lowest BCUT2D eigenvalue weighted by Crippen LogP contribution is -2.51. The first kappa shape index (κ1) is 16.5. The van der Waals surface area contributed by atoms with E-state index in [1.807, 2.05) is 0 Å². The summed E-state index contributed by atoms with van der Waals surface area (Å²) in [7, 11) is -3.29. The molecule has 2 saturated heterocycles. The van der Waals surface area contributed by atoms with Crippen molar-refractivity contribution < 1.29 is 26.4 Å². The van der Waals surface area contributed by atoms with Gasteiger partial charge in [-0.2, -0.15) is 13.2 Å². The highest BCUT2D eigenvalue weighted by Crippen LogP contribution is 2.27. The second-order valence-electron chi connectivity index (χ2n) is 5.66. The second kappa shape index (κ2) is 6.12. The number of nitrogens with zero attached hydrogens (tertiary/aromatic N) is 1. The zero-order valence-corrected chi connectivity index (χ0v) is 12.3. The van der Waals surface area contributed by atoms with Crippen LogP contribution in [0.2, 0.25) is 0 Å². The average molecular weight is 328 g/mol. The molecule has 0 radical (unpaired) electrons. The molecule has 9 heteroatoms. The number of hydrogen-bond acceptors (Lipinski definition) is 4. The summed E-state index contributed by atoms with van der Waals surface area (Å²) in [5, 5.41) is 3.04. The van der Waals surface area contributed by atoms with Gasteiger partial charge in [0.1, 0.15) is 6.54 Å². The molecule has 1 unspecified atom stereocenters. The van der Waals surface area contributed by atoms with Gasteiger partial charge in [0.2, 0.25) is 5.91 Å². The number of carbonyl (C=O) groups is 1. The third kappa shape index (κ3) is 4.57. The molecule has 1 atom stereocenters. The lowest BCUT2D eigenvalue weighted by molar-refractivity contribution is -0.168. The Kier molecular flexibility index (Phi) is 4.82. The molecule has 5 nitrogen and oxygen atoms in total. The molecule has 0 saturated carbocycles. The van der Waals surface area contributed by atoms with Crippen LogP contribution in [0.25, 0.3) is 0 Å². The molecule has 0 aromatic carbocycles. The van der Waals surface area contributed by atoms with Gasteiger partial charge in [0, 0.05) is 6.04 Å². The van der Waals surface area contributed by atoms with Crippen LogP contribution in [0.15, 0.2) is 0 Å². The van der Waals surface area contributed by atoms with E-state index in [1.165, 1.54) is 0 Å². The first-order valence-corrected chi connectivity index (χ1v) is 8.78. The maximum atomic E-state index is 12.7. The van der Waals surface area contributed by atoms with Crippen molar-refractivity contribution >= 4 is 15.7 Å². The summed E-state index contributed by atoms with van der Waals surface area (Å²) in [6.45, 7) is -0.169. The molecule has 1 amide bonds. The first-order chi connectivity index (χ1) is 9.68. The van der Waals surface area contributed by atoms with E-state index in [0.29, 0.717) is 25.9 Å². The van der Waals surface area contributed by atoms with Crippen molar-refractivity contribution in [3.63, 3.8) is 0 Å². The maximum Gasteiger partial charge on any atom is 0.406 e. The SMILES string of the molecule is O=C(C1CCS(=O)(=O)C1)N(CC(F)(F)F)C1CCNCC1. The standard InChI is InChI=1S/C12H19F3N2O3S/c13-12(14,15)8-17(10-1-4-16-5-2-10)11(18)9-3-6-21(19,20)7-9/h9-10,16H,1-8H2. The molecule has 2 rings (SSSR count). The molecular formula is C12H19F3N2O3S. The van der Waals surface area contributed by atoms with Crippen molar-refractivity contribution in [2.24, 2.45) is 5.92 Å². The number of rotatable bonds is 3. The van der Waals surface area contributed by atoms with E-state index in [9.17, 15) is 26.4 Å². The van der Waals surface area contributed by atoms with Gasteiger partial charge in [0.05, 0.1) is 17.4 Å². The van der Waals surface area contributed by atoms with E-state index in [4.69, 9.17) is 0 Å². The largest absolute Gasteiger partial charge is 0.406 e. The van der Waals surface area contributed by atoms with E-state index >= 15 is 0 Å². The van der Waals surface area contributed by atoms with Crippen LogP contribution < -0.4 is 5.32 Å². The Morgan fingerprint density at radius 2 is 1.81 bits per heavy atom. The Balaban J connectivity index is 2.12. The summed E-state index contributed by atoms with van der Waals surface area (Å²) in [6.07, 6.45) is -3.43. The topological polar surface area (TPSA) is 66.5 Å². The van der Waals surface area contributed by atoms with Crippen LogP contribution in [0.3, 0.4) is 0 Å². The zero-order chi connectivity index (χ0) is 15.7. The molecule has 21 heavy (non-hydrogen) atoms. The van der Waals surface area contributed by atoms with Gasteiger partial charge in [-0.1, -0.05) is 0 Å². The number of halogens is 3. The van der Waals surface area contributed by atoms with Crippen LogP contribution in [0, 0.1) is 5.92 Å². The fourth-order valence-electron chi connectivity index (χ4n) is 2.92. The third-order valence-electron chi connectivity index (χ3n) is 3.96. The van der Waals surface area contributed by atoms with Crippen molar-refractivity contribution in [2.45, 2.75) is 31.5 Å². The minimum atomic E-state index is -4.47. The lowest BCUT2D eigenvalue weighted by atomic mass is 10.0. The van der Waals surface area contributed by atoms with E-state index in [-0.39, 0.29) is 17.9 Å². The monoisotopic (exact) mass is 328 g/mol. The first-order valence-electron chi connectivity index (χ1n) is 6.96. The molecule has 0 bridgehead atoms. The quantitative estimate of drug-likeness (QED) is 0.822. The van der Waals surface area contributed by atoms with Crippen molar-refractivity contribution in [3.05, 3.63) is 0 Å². The van der Waals surface area contributed by atoms with E-state index in [2.05, 4.69) is 5.32 Å². The average Bonchev–Trinajstić information content (AvgIpc) is 2.76. The number of nitrogens with one attached hydrogen (secondary N) is 1. The van der Waals surface area contributed by atoms with E-state index in [1.54, 1.807) is 0 Å². The van der Waals surface area contributed by atoms with Crippen LogP contribution >= 0.6 is 0 Å². The van der Waals surface area contributed by atoms with Crippen molar-refractivity contribution in [2.75, 3.05) is 31.1 Å². The van der Waals surface area contributed by atoms with Crippen LogP contribution in [-0.2, 0) is 14.6 Å². The van der Waals surface area contributed by atoms with Gasteiger partial charge in [-0.05, 0) is 32.4 Å². The minimum Gasteiger partial charge on any atom is -0.330 e. The Bertz CT molecular complexity index is 486. The number of alkyl halides is 3. The normalized spacial score (nSPS) is 26.7. The third-order valence-corrected chi connectivity index (χ3v) is 5.73. The number of carbonyl (C=O) groups excluding carboxylic acids is 1. The van der Waals surface area contributed by atoms with Gasteiger partial charge in [-0.3, -0.25) is 4.79 Å². The molecule has 0 spiro atoms. The summed E-state index contributed by atoms with van der Waals surface area (Å²) in [4.78, 5) is 13.2. The van der Waals surface area contributed by atoms with Gasteiger partial charge in [-0.15, -0.1) is 0 Å². The van der Waals surface area contributed by atoms with Gasteiger partial charge < -0.3 is 10.2 Å². The summed E-state index contributed by atoms with van der Waals surface area (Å²) >= 11 is 0. The molecule has 2 heterocycles. The van der Waals surface area contributed by atoms with Crippen LogP contribution in [0.4, 0.5) is 13.2 Å². The molecule has 2 aliphatic rings. The van der Waals surface area contributed by atoms with Gasteiger partial charge in [0.25, 0.3) is 0 Å². The Labute approximate surface area is 121 Å². The second-order valence-corrected chi connectivity index (χ2v) is 7.89. The molecular weight excluding hydrogens is 309 g/mol. The predicted molar refractivity (Wildman–Crippen MR) is 70.4 cm³/mol. The van der Waals surface area contributed by atoms with Gasteiger partial charge in [-0.25, -0.2) is 8.42 Å². The fraction of sp³-hybridized carbons (Fsp3) is 0.917. The number of sulfone groups is 1. The van der Waals surface area contributed by atoms with Crippen LogP contribution in [0.5, 0.6) is 0 Å². The molecule has 2 aliphatic heterocycles. The highest BCUT2D eigenvalue weighted by atomic mass is 32.2. The molecule has 0 aliphatic carbocycles. The molecule has 0 aromatic rings. The molecule has 122 valence electrons. The highest BCUT2D eigenvalue weighted by Gasteiger charge is 2.42. The zero-order valence-electron chi connectivity index (χ0n) is 11.5. The Morgan fingerprint density at radius 3 is 2.29 bits per heavy atom. The van der Waals surface area contributed by atoms with Crippen molar-refractivity contribution in [1.82, 2.24) is 10.2 Å². The predicted octanol–water partition coefficient (Wildman–Crippen LogP) is 0.564. The van der Waals surface area contributed by atoms with Crippen molar-refractivity contribution in [1.29, 1.82) is 0 Å². The summed E-state index contributed by atoms with van der Waals surface area (Å²) in [5.41, 5.74) is 0. The molecule has 1 N–H and O–H groups in total. The number of piperidine rings is 1. The van der Waals surface area contributed by atoms with Crippen LogP contribution in [-0.4, -0.2) is 62.6 Å². The lowest BCUT2D eigenvalue weighted by Gasteiger charge is -2.36. The molecule has 0 aromatic heterocycles.